The fourth-order valence-corrected chi connectivity index (χ4v) is 3.54. The van der Waals surface area contributed by atoms with Gasteiger partial charge in [0.1, 0.15) is 6.29 Å². The molecule has 0 heterocycles. The van der Waals surface area contributed by atoms with Crippen molar-refractivity contribution >= 4 is 17.9 Å². The summed E-state index contributed by atoms with van der Waals surface area (Å²) in [5.41, 5.74) is 4.11. The summed E-state index contributed by atoms with van der Waals surface area (Å²) in [4.78, 5) is 11.1. The van der Waals surface area contributed by atoms with E-state index in [0.717, 1.165) is 22.4 Å². The van der Waals surface area contributed by atoms with Gasteiger partial charge in [-0.25, -0.2) is 0 Å². The number of aldehydes is 1. The zero-order valence-corrected chi connectivity index (χ0v) is 16.6. The van der Waals surface area contributed by atoms with Gasteiger partial charge in [0.25, 0.3) is 0 Å². The summed E-state index contributed by atoms with van der Waals surface area (Å²) in [6.45, 7) is 1.82. The molecule has 0 aromatic heterocycles. The van der Waals surface area contributed by atoms with E-state index >= 15 is 0 Å². The van der Waals surface area contributed by atoms with Crippen molar-refractivity contribution in [1.29, 1.82) is 0 Å². The van der Waals surface area contributed by atoms with Crippen LogP contribution < -0.4 is 5.32 Å². The monoisotopic (exact) mass is 389 g/mol. The van der Waals surface area contributed by atoms with Crippen molar-refractivity contribution in [3.63, 3.8) is 0 Å². The first kappa shape index (κ1) is 20.1. The molecule has 1 atom stereocenters. The number of rotatable bonds is 8. The van der Waals surface area contributed by atoms with Crippen LogP contribution >= 0.6 is 11.6 Å². The molecule has 0 aliphatic heterocycles. The maximum absolute atomic E-state index is 11.1. The van der Waals surface area contributed by atoms with E-state index in [0.29, 0.717) is 6.42 Å². The van der Waals surface area contributed by atoms with Crippen LogP contribution in [0.3, 0.4) is 0 Å². The van der Waals surface area contributed by atoms with E-state index in [2.05, 4.69) is 29.6 Å². The molecule has 0 fully saturated rings. The zero-order chi connectivity index (χ0) is 19.8. The molecule has 3 aromatic rings. The van der Waals surface area contributed by atoms with Crippen LogP contribution in [0.15, 0.2) is 96.6 Å². The fourth-order valence-electron chi connectivity index (χ4n) is 3.27. The van der Waals surface area contributed by atoms with Crippen molar-refractivity contribution in [2.24, 2.45) is 0 Å². The van der Waals surface area contributed by atoms with E-state index in [1.807, 2.05) is 73.7 Å². The summed E-state index contributed by atoms with van der Waals surface area (Å²) in [6, 6.07) is 28.6. The average Bonchev–Trinajstić information content (AvgIpc) is 2.75. The number of nitrogens with one attached hydrogen (secondary N) is 1. The third-order valence-corrected chi connectivity index (χ3v) is 5.12. The SMILES string of the molecule is C/C(C=O)=C\CC(NC(c1ccccc1)c1ccccc1)c1ccccc1Cl. The van der Waals surface area contributed by atoms with Gasteiger partial charge in [0.15, 0.2) is 0 Å². The Morgan fingerprint density at radius 3 is 1.96 bits per heavy atom. The minimum absolute atomic E-state index is 0.00797. The smallest absolute Gasteiger partial charge is 0.145 e. The van der Waals surface area contributed by atoms with Crippen LogP contribution in [0.25, 0.3) is 0 Å². The number of carbonyl (C=O) groups is 1. The van der Waals surface area contributed by atoms with Crippen molar-refractivity contribution < 1.29 is 4.79 Å². The Hall–Kier alpha value is -2.68. The Morgan fingerprint density at radius 1 is 0.893 bits per heavy atom. The van der Waals surface area contributed by atoms with Crippen molar-refractivity contribution in [2.75, 3.05) is 0 Å². The molecule has 3 heteroatoms. The number of allylic oxidation sites excluding steroid dienone is 1. The van der Waals surface area contributed by atoms with Gasteiger partial charge in [-0.1, -0.05) is 96.5 Å². The lowest BCUT2D eigenvalue weighted by molar-refractivity contribution is -0.104. The number of carbonyl (C=O) groups excluding carboxylic acids is 1. The van der Waals surface area contributed by atoms with Gasteiger partial charge in [-0.3, -0.25) is 10.1 Å². The number of halogens is 1. The van der Waals surface area contributed by atoms with Crippen molar-refractivity contribution in [3.8, 4) is 0 Å². The summed E-state index contributed by atoms with van der Waals surface area (Å²) >= 11 is 6.51. The highest BCUT2D eigenvalue weighted by Crippen LogP contribution is 2.31. The summed E-state index contributed by atoms with van der Waals surface area (Å²) in [5, 5.41) is 4.50. The van der Waals surface area contributed by atoms with E-state index in [1.165, 1.54) is 11.1 Å². The summed E-state index contributed by atoms with van der Waals surface area (Å²) in [7, 11) is 0. The highest BCUT2D eigenvalue weighted by atomic mass is 35.5. The van der Waals surface area contributed by atoms with Gasteiger partial charge in [-0.15, -0.1) is 0 Å². The van der Waals surface area contributed by atoms with Gasteiger partial charge in [0.2, 0.25) is 0 Å². The summed E-state index contributed by atoms with van der Waals surface area (Å²) in [6.07, 6.45) is 3.51. The summed E-state index contributed by atoms with van der Waals surface area (Å²) < 4.78 is 0. The van der Waals surface area contributed by atoms with Crippen LogP contribution in [0.2, 0.25) is 5.02 Å². The molecule has 0 spiro atoms. The number of hydrogen-bond donors (Lipinski definition) is 1. The van der Waals surface area contributed by atoms with Crippen LogP contribution in [0.5, 0.6) is 0 Å². The maximum Gasteiger partial charge on any atom is 0.145 e. The largest absolute Gasteiger partial charge is 0.299 e. The Kier molecular flexibility index (Phi) is 7.18. The van der Waals surface area contributed by atoms with Crippen LogP contribution in [0.4, 0.5) is 0 Å². The highest BCUT2D eigenvalue weighted by molar-refractivity contribution is 6.31. The molecule has 1 unspecified atom stereocenters. The molecule has 0 bridgehead atoms. The van der Waals surface area contributed by atoms with E-state index in [1.54, 1.807) is 0 Å². The van der Waals surface area contributed by atoms with Gasteiger partial charge in [0, 0.05) is 11.1 Å². The first-order chi connectivity index (χ1) is 13.7. The molecule has 0 saturated carbocycles. The third kappa shape index (κ3) is 5.19. The Morgan fingerprint density at radius 2 is 1.43 bits per heavy atom. The minimum atomic E-state index is -0.0333. The van der Waals surface area contributed by atoms with Crippen LogP contribution in [-0.4, -0.2) is 6.29 Å². The fraction of sp³-hybridized carbons (Fsp3) is 0.160. The molecule has 1 N–H and O–H groups in total. The van der Waals surface area contributed by atoms with E-state index in [-0.39, 0.29) is 12.1 Å². The second-order valence-corrected chi connectivity index (χ2v) is 7.20. The molecule has 0 aliphatic carbocycles. The highest BCUT2D eigenvalue weighted by Gasteiger charge is 2.21. The van der Waals surface area contributed by atoms with Crippen LogP contribution in [0, 0.1) is 0 Å². The lowest BCUT2D eigenvalue weighted by Gasteiger charge is -2.27. The molecular weight excluding hydrogens is 366 g/mol. The molecule has 0 amide bonds. The van der Waals surface area contributed by atoms with E-state index < -0.39 is 0 Å². The molecule has 28 heavy (non-hydrogen) atoms. The van der Waals surface area contributed by atoms with Gasteiger partial charge in [-0.05, 0) is 41.7 Å². The number of benzene rings is 3. The first-order valence-corrected chi connectivity index (χ1v) is 9.79. The second kappa shape index (κ2) is 10.0. The van der Waals surface area contributed by atoms with E-state index in [4.69, 9.17) is 11.6 Å². The van der Waals surface area contributed by atoms with Crippen molar-refractivity contribution in [2.45, 2.75) is 25.4 Å². The van der Waals surface area contributed by atoms with Crippen LogP contribution in [0.1, 0.15) is 42.1 Å². The molecule has 0 saturated heterocycles. The normalized spacial score (nSPS) is 12.8. The molecule has 0 radical (unpaired) electrons. The van der Waals surface area contributed by atoms with Crippen molar-refractivity contribution in [1.82, 2.24) is 5.32 Å². The third-order valence-electron chi connectivity index (χ3n) is 4.78. The Labute approximate surface area is 171 Å². The molecular formula is C25H24ClNO. The zero-order valence-electron chi connectivity index (χ0n) is 15.9. The van der Waals surface area contributed by atoms with Crippen LogP contribution in [-0.2, 0) is 4.79 Å². The maximum atomic E-state index is 11.1. The molecule has 3 rings (SSSR count). The molecule has 142 valence electrons. The lowest BCUT2D eigenvalue weighted by atomic mass is 9.95. The minimum Gasteiger partial charge on any atom is -0.299 e. The molecule has 2 nitrogen and oxygen atoms in total. The predicted molar refractivity (Wildman–Crippen MR) is 116 cm³/mol. The second-order valence-electron chi connectivity index (χ2n) is 6.80. The topological polar surface area (TPSA) is 29.1 Å². The average molecular weight is 390 g/mol. The van der Waals surface area contributed by atoms with E-state index in [9.17, 15) is 4.79 Å². The Balaban J connectivity index is 2.00. The van der Waals surface area contributed by atoms with Crippen molar-refractivity contribution in [3.05, 3.63) is 118 Å². The molecule has 3 aromatic carbocycles. The predicted octanol–water partition coefficient (Wildman–Crippen LogP) is 6.30. The van der Waals surface area contributed by atoms with Gasteiger partial charge in [-0.2, -0.15) is 0 Å². The number of hydrogen-bond acceptors (Lipinski definition) is 2. The Bertz CT molecular complexity index is 882. The first-order valence-electron chi connectivity index (χ1n) is 9.41. The standard InChI is InChI=1S/C25H24ClNO/c1-19(18-28)16-17-24(22-14-8-9-15-23(22)26)27-25(20-10-4-2-5-11-20)21-12-6-3-7-13-21/h2-16,18,24-25,27H,17H2,1H3/b19-16+. The van der Waals surface area contributed by atoms with Gasteiger partial charge in [0.05, 0.1) is 6.04 Å². The molecule has 0 aliphatic rings. The summed E-state index contributed by atoms with van der Waals surface area (Å²) in [5.74, 6) is 0. The quantitative estimate of drug-likeness (QED) is 0.362. The van der Waals surface area contributed by atoms with Gasteiger partial charge < -0.3 is 0 Å². The lowest BCUT2D eigenvalue weighted by Crippen LogP contribution is -2.27. The van der Waals surface area contributed by atoms with Gasteiger partial charge >= 0.3 is 0 Å².